The molecule has 2 aromatic heterocycles. The minimum atomic E-state index is -3.43. The Morgan fingerprint density at radius 3 is 2.82 bits per heavy atom. The lowest BCUT2D eigenvalue weighted by Crippen LogP contribution is -2.42. The van der Waals surface area contributed by atoms with Gasteiger partial charge in [-0.05, 0) is 19.4 Å². The molecule has 5 atom stereocenters. The molecule has 1 aliphatic heterocycles. The fourth-order valence-electron chi connectivity index (χ4n) is 3.75. The molecule has 3 heterocycles. The summed E-state index contributed by atoms with van der Waals surface area (Å²) >= 11 is 0.975. The van der Waals surface area contributed by atoms with Crippen LogP contribution in [0.15, 0.2) is 41.5 Å². The molecular formula is C22H29N6O8PS. The number of imidazole rings is 1. The topological polar surface area (TPSA) is 204 Å². The van der Waals surface area contributed by atoms with Crippen molar-refractivity contribution in [1.82, 2.24) is 24.6 Å². The summed E-state index contributed by atoms with van der Waals surface area (Å²) in [6.07, 6.45) is -0.492. The number of nitrogens with two attached hydrogens (primary N) is 1. The standard InChI is InChI=1S/C22H29N6O8PS/c1-13(14-6-4-3-5-7-14)36-19(31)15-10-38-37(33,27-15)35-9-8-34-20(22(2,32)11-29)28-12-24-16-17(28)25-21(23)26-18(16)30/h3-7,12-13,15,20,29,32H,8-11H2,1-2H3,(H,27,33)(H3,23,25,26,30)/t13-,15?,20+,22+,37-/m0/s1. The fraction of sp³-hybridized carbons (Fsp3) is 0.455. The number of benzene rings is 1. The van der Waals surface area contributed by atoms with Gasteiger partial charge in [-0.25, -0.2) is 10.1 Å². The van der Waals surface area contributed by atoms with Crippen LogP contribution in [0.4, 0.5) is 5.95 Å². The van der Waals surface area contributed by atoms with Gasteiger partial charge in [-0.15, -0.1) is 0 Å². The lowest BCUT2D eigenvalue weighted by atomic mass is 10.1. The van der Waals surface area contributed by atoms with Crippen LogP contribution in [-0.4, -0.2) is 72.9 Å². The minimum Gasteiger partial charge on any atom is -0.457 e. The van der Waals surface area contributed by atoms with Gasteiger partial charge in [0.1, 0.15) is 17.7 Å². The Bertz CT molecular complexity index is 1380. The summed E-state index contributed by atoms with van der Waals surface area (Å²) in [5.74, 6) is -0.508. The zero-order valence-electron chi connectivity index (χ0n) is 20.6. The molecule has 38 heavy (non-hydrogen) atoms. The SMILES string of the molecule is C[C@H](OC(=O)C1CS[P@@](=O)(OCCO[C@@H](n2cnc3c(=O)[nH]c(N)nc32)[C@](C)(O)CO)N1)c1ccccc1. The highest BCUT2D eigenvalue weighted by Crippen LogP contribution is 2.60. The molecule has 1 aromatic carbocycles. The van der Waals surface area contributed by atoms with Crippen molar-refractivity contribution in [2.75, 3.05) is 31.3 Å². The van der Waals surface area contributed by atoms with Crippen LogP contribution in [0.25, 0.3) is 11.2 Å². The van der Waals surface area contributed by atoms with Gasteiger partial charge in [0.15, 0.2) is 17.4 Å². The first-order valence-electron chi connectivity index (χ1n) is 11.6. The van der Waals surface area contributed by atoms with Crippen molar-refractivity contribution in [1.29, 1.82) is 0 Å². The number of ether oxygens (including phenoxy) is 2. The number of aromatic amines is 1. The van der Waals surface area contributed by atoms with Gasteiger partial charge >= 0.3 is 12.7 Å². The van der Waals surface area contributed by atoms with Crippen molar-refractivity contribution in [3.8, 4) is 0 Å². The molecule has 0 amide bonds. The van der Waals surface area contributed by atoms with E-state index in [4.69, 9.17) is 19.7 Å². The predicted molar refractivity (Wildman–Crippen MR) is 139 cm³/mol. The molecule has 0 saturated carbocycles. The van der Waals surface area contributed by atoms with Gasteiger partial charge in [-0.3, -0.25) is 23.7 Å². The first-order valence-corrected chi connectivity index (χ1v) is 14.8. The van der Waals surface area contributed by atoms with Gasteiger partial charge in [0.05, 0.1) is 26.1 Å². The first-order chi connectivity index (χ1) is 18.0. The summed E-state index contributed by atoms with van der Waals surface area (Å²) in [7, 11) is 0. The van der Waals surface area contributed by atoms with E-state index in [1.165, 1.54) is 17.8 Å². The molecule has 0 aliphatic carbocycles. The molecule has 0 bridgehead atoms. The van der Waals surface area contributed by atoms with E-state index in [0.29, 0.717) is 0 Å². The van der Waals surface area contributed by atoms with Crippen molar-refractivity contribution in [2.45, 2.75) is 37.8 Å². The Morgan fingerprint density at radius 2 is 2.11 bits per heavy atom. The third-order valence-electron chi connectivity index (χ3n) is 5.75. The van der Waals surface area contributed by atoms with E-state index >= 15 is 0 Å². The van der Waals surface area contributed by atoms with E-state index in [1.807, 2.05) is 30.3 Å². The number of carbonyl (C=O) groups is 1. The van der Waals surface area contributed by atoms with Crippen LogP contribution in [-0.2, 0) is 23.4 Å². The Balaban J connectivity index is 1.35. The number of nitrogens with zero attached hydrogens (tertiary/aromatic N) is 3. The number of esters is 1. The second kappa shape index (κ2) is 11.5. The van der Waals surface area contributed by atoms with Gasteiger partial charge in [0, 0.05) is 5.75 Å². The zero-order chi connectivity index (χ0) is 27.5. The molecule has 1 unspecified atom stereocenters. The van der Waals surface area contributed by atoms with Crippen molar-refractivity contribution in [3.63, 3.8) is 0 Å². The first kappa shape index (κ1) is 28.2. The Morgan fingerprint density at radius 1 is 1.37 bits per heavy atom. The van der Waals surface area contributed by atoms with Crippen molar-refractivity contribution in [2.24, 2.45) is 0 Å². The monoisotopic (exact) mass is 568 g/mol. The van der Waals surface area contributed by atoms with Gasteiger partial charge < -0.3 is 29.9 Å². The summed E-state index contributed by atoms with van der Waals surface area (Å²) < 4.78 is 31.1. The van der Waals surface area contributed by atoms with Crippen molar-refractivity contribution < 1.29 is 33.6 Å². The minimum absolute atomic E-state index is 0.0340. The predicted octanol–water partition coefficient (Wildman–Crippen LogP) is 1.09. The molecular weight excluding hydrogens is 539 g/mol. The van der Waals surface area contributed by atoms with E-state index in [0.717, 1.165) is 16.9 Å². The third-order valence-corrected chi connectivity index (χ3v) is 9.82. The van der Waals surface area contributed by atoms with Crippen molar-refractivity contribution in [3.05, 3.63) is 52.6 Å². The largest absolute Gasteiger partial charge is 0.457 e. The molecule has 1 aliphatic rings. The highest BCUT2D eigenvalue weighted by atomic mass is 32.7. The maximum absolute atomic E-state index is 13.1. The number of rotatable bonds is 11. The van der Waals surface area contributed by atoms with Crippen LogP contribution < -0.4 is 16.4 Å². The number of anilines is 1. The van der Waals surface area contributed by atoms with E-state index in [-0.39, 0.29) is 36.1 Å². The number of aromatic nitrogens is 4. The number of aliphatic hydroxyl groups excluding tert-OH is 1. The molecule has 3 aromatic rings. The van der Waals surface area contributed by atoms with Crippen LogP contribution in [0.3, 0.4) is 0 Å². The van der Waals surface area contributed by atoms with E-state index < -0.39 is 48.8 Å². The number of hydrogen-bond donors (Lipinski definition) is 5. The van der Waals surface area contributed by atoms with E-state index in [9.17, 15) is 24.4 Å². The molecule has 1 fully saturated rings. The maximum atomic E-state index is 13.1. The van der Waals surface area contributed by atoms with Crippen LogP contribution >= 0.6 is 18.1 Å². The highest BCUT2D eigenvalue weighted by molar-refractivity contribution is 8.56. The van der Waals surface area contributed by atoms with Crippen LogP contribution in [0.2, 0.25) is 0 Å². The summed E-state index contributed by atoms with van der Waals surface area (Å²) in [6.45, 7) is -1.41. The molecule has 16 heteroatoms. The number of H-pyrrole nitrogens is 1. The van der Waals surface area contributed by atoms with Crippen LogP contribution in [0.5, 0.6) is 0 Å². The van der Waals surface area contributed by atoms with Gasteiger partial charge in [0.25, 0.3) is 5.56 Å². The molecule has 206 valence electrons. The molecule has 6 N–H and O–H groups in total. The quantitative estimate of drug-likeness (QED) is 0.125. The Kier molecular flexibility index (Phi) is 8.57. The molecule has 0 spiro atoms. The second-order valence-electron chi connectivity index (χ2n) is 8.81. The van der Waals surface area contributed by atoms with E-state index in [1.54, 1.807) is 6.92 Å². The van der Waals surface area contributed by atoms with Gasteiger partial charge in [0.2, 0.25) is 5.95 Å². The maximum Gasteiger partial charge on any atom is 0.327 e. The number of nitrogen functional groups attached to an aromatic ring is 1. The number of hydrogen-bond acceptors (Lipinski definition) is 12. The van der Waals surface area contributed by atoms with Crippen molar-refractivity contribution >= 4 is 41.2 Å². The number of aliphatic hydroxyl groups is 2. The molecule has 0 radical (unpaired) electrons. The molecule has 4 rings (SSSR count). The third kappa shape index (κ3) is 6.26. The van der Waals surface area contributed by atoms with E-state index in [2.05, 4.69) is 20.0 Å². The number of fused-ring (bicyclic) bond motifs is 1. The smallest absolute Gasteiger partial charge is 0.327 e. The van der Waals surface area contributed by atoms with Crippen LogP contribution in [0.1, 0.15) is 31.7 Å². The summed E-state index contributed by atoms with van der Waals surface area (Å²) in [6, 6.07) is 8.44. The normalized spacial score (nSPS) is 22.7. The lowest BCUT2D eigenvalue weighted by Gasteiger charge is -2.32. The van der Waals surface area contributed by atoms with Crippen LogP contribution in [0, 0.1) is 0 Å². The zero-order valence-corrected chi connectivity index (χ0v) is 22.4. The summed E-state index contributed by atoms with van der Waals surface area (Å²) in [4.78, 5) is 35.0. The van der Waals surface area contributed by atoms with Gasteiger partial charge in [-0.1, -0.05) is 41.7 Å². The lowest BCUT2D eigenvalue weighted by molar-refractivity contribution is -0.158. The summed E-state index contributed by atoms with van der Waals surface area (Å²) in [5, 5.41) is 23.2. The van der Waals surface area contributed by atoms with Gasteiger partial charge in [-0.2, -0.15) is 4.98 Å². The fourth-order valence-corrected chi connectivity index (χ4v) is 7.64. The highest BCUT2D eigenvalue weighted by Gasteiger charge is 2.41. The Labute approximate surface area is 221 Å². The molecule has 1 saturated heterocycles. The Hall–Kier alpha value is -2.78. The number of carbonyl (C=O) groups excluding carboxylic acids is 1. The average Bonchev–Trinajstić information content (AvgIpc) is 3.48. The molecule has 14 nitrogen and oxygen atoms in total. The second-order valence-corrected chi connectivity index (χ2v) is 13.1. The summed E-state index contributed by atoms with van der Waals surface area (Å²) in [5.41, 5.74) is 4.08. The number of nitrogens with one attached hydrogen (secondary N) is 2. The average molecular weight is 569 g/mol.